The van der Waals surface area contributed by atoms with E-state index in [4.69, 9.17) is 0 Å². The van der Waals surface area contributed by atoms with Crippen LogP contribution in [0.4, 0.5) is 0 Å². The summed E-state index contributed by atoms with van der Waals surface area (Å²) in [7, 11) is 0. The van der Waals surface area contributed by atoms with Crippen molar-refractivity contribution in [3.05, 3.63) is 161 Å². The number of nitrogens with zero attached hydrogens (tertiary/aromatic N) is 1. The first kappa shape index (κ1) is 24.4. The molecule has 0 fully saturated rings. The molecule has 0 amide bonds. The monoisotopic (exact) mass is 537 g/mol. The van der Waals surface area contributed by atoms with Crippen molar-refractivity contribution in [1.82, 2.24) is 4.57 Å². The highest BCUT2D eigenvalue weighted by Gasteiger charge is 2.36. The molecule has 6 aromatic rings. The highest BCUT2D eigenvalue weighted by Crippen LogP contribution is 2.50. The van der Waals surface area contributed by atoms with Crippen LogP contribution in [-0.4, -0.2) is 10.4 Å². The third kappa shape index (κ3) is 3.57. The minimum atomic E-state index is -0.242. The van der Waals surface area contributed by atoms with E-state index in [-0.39, 0.29) is 11.2 Å². The lowest BCUT2D eigenvalue weighted by Crippen LogP contribution is -2.16. The standard InChI is InChI=1S/C40H27NO/c1-40(2)35-24-28(19-21-31(35)32-22-20-29(25-36(32)40)39(42)26-11-4-3-5-12-26)27-13-10-14-30(23-27)41-37-17-8-6-15-33(37)34-16-7-9-18-38(34)41/h3-4,6-11,13-25H,1-2H3. The van der Waals surface area contributed by atoms with Gasteiger partial charge in [0.15, 0.2) is 0 Å². The van der Waals surface area contributed by atoms with Crippen LogP contribution in [0.15, 0.2) is 144 Å². The second-order valence-corrected chi connectivity index (χ2v) is 11.6. The lowest BCUT2D eigenvalue weighted by Gasteiger charge is -2.22. The van der Waals surface area contributed by atoms with E-state index in [9.17, 15) is 4.79 Å². The number of fused-ring (bicyclic) bond motifs is 6. The Bertz CT molecular complexity index is 2210. The van der Waals surface area contributed by atoms with Crippen molar-refractivity contribution >= 4 is 27.6 Å². The van der Waals surface area contributed by atoms with Crippen molar-refractivity contribution in [2.24, 2.45) is 0 Å². The number of aromatic nitrogens is 1. The molecular formula is C40H27NO. The summed E-state index contributed by atoms with van der Waals surface area (Å²) in [5, 5.41) is 2.52. The van der Waals surface area contributed by atoms with Crippen LogP contribution < -0.4 is 0 Å². The van der Waals surface area contributed by atoms with Gasteiger partial charge in [-0.25, -0.2) is 0 Å². The van der Waals surface area contributed by atoms with Crippen molar-refractivity contribution < 1.29 is 4.79 Å². The smallest absolute Gasteiger partial charge is 0.201 e. The predicted molar refractivity (Wildman–Crippen MR) is 172 cm³/mol. The highest BCUT2D eigenvalue weighted by atomic mass is 16.1. The summed E-state index contributed by atoms with van der Waals surface area (Å²) >= 11 is 0. The van der Waals surface area contributed by atoms with Gasteiger partial charge in [-0.05, 0) is 81.9 Å². The summed E-state index contributed by atoms with van der Waals surface area (Å²) in [6.45, 7) is 4.51. The van der Waals surface area contributed by atoms with Crippen molar-refractivity contribution in [3.8, 4) is 27.9 Å². The molecule has 2 aliphatic carbocycles. The molecule has 2 heteroatoms. The fourth-order valence-corrected chi connectivity index (χ4v) is 6.73. The number of benzene rings is 5. The first-order chi connectivity index (χ1) is 20.5. The van der Waals surface area contributed by atoms with Crippen LogP contribution in [0.25, 0.3) is 49.7 Å². The number of hydrogen-bond acceptors (Lipinski definition) is 1. The molecular weight excluding hydrogens is 510 g/mol. The predicted octanol–water partition coefficient (Wildman–Crippen LogP) is 9.75. The largest absolute Gasteiger partial charge is 0.309 e. The zero-order valence-corrected chi connectivity index (χ0v) is 23.5. The Labute approximate surface area is 244 Å². The van der Waals surface area contributed by atoms with E-state index in [0.717, 1.165) is 5.69 Å². The Morgan fingerprint density at radius 2 is 1.36 bits per heavy atom. The zero-order chi connectivity index (χ0) is 28.4. The molecule has 5 aromatic carbocycles. The van der Waals surface area contributed by atoms with Crippen LogP contribution >= 0.6 is 0 Å². The molecule has 1 aromatic heterocycles. The minimum absolute atomic E-state index is 0.0241. The molecule has 2 aliphatic rings. The molecule has 0 spiro atoms. The number of hydrogen-bond donors (Lipinski definition) is 0. The summed E-state index contributed by atoms with van der Waals surface area (Å²) in [4.78, 5) is 13.2. The first-order valence-electron chi connectivity index (χ1n) is 14.3. The second kappa shape index (κ2) is 9.06. The zero-order valence-electron chi connectivity index (χ0n) is 23.5. The van der Waals surface area contributed by atoms with E-state index in [0.29, 0.717) is 11.1 Å². The molecule has 198 valence electrons. The Morgan fingerprint density at radius 3 is 2.07 bits per heavy atom. The summed E-state index contributed by atoms with van der Waals surface area (Å²) in [6.07, 6.45) is 5.38. The average Bonchev–Trinajstić information content (AvgIpc) is 3.49. The van der Waals surface area contributed by atoms with E-state index in [1.807, 2.05) is 12.1 Å². The number of allylic oxidation sites excluding steroid dienone is 4. The van der Waals surface area contributed by atoms with Gasteiger partial charge in [-0.3, -0.25) is 4.79 Å². The molecule has 2 nitrogen and oxygen atoms in total. The van der Waals surface area contributed by atoms with Crippen LogP contribution in [-0.2, 0) is 5.41 Å². The third-order valence-electron chi connectivity index (χ3n) is 8.85. The molecule has 0 N–H and O–H groups in total. The van der Waals surface area contributed by atoms with Crippen molar-refractivity contribution in [2.75, 3.05) is 0 Å². The van der Waals surface area contributed by atoms with Gasteiger partial charge in [0.05, 0.1) is 16.6 Å². The Hall–Kier alpha value is -5.39. The Balaban J connectivity index is 1.22. The van der Waals surface area contributed by atoms with Gasteiger partial charge < -0.3 is 4.57 Å². The SMILES string of the molecule is CC1(C)c2cc(C(=O)C3=C=C=CC=C3)ccc2-c2ccc(-c3cccc(-n4c5ccccc5c5ccccc54)c3)cc21. The van der Waals surface area contributed by atoms with E-state index < -0.39 is 0 Å². The lowest BCUT2D eigenvalue weighted by molar-refractivity contribution is 0.103. The Morgan fingerprint density at radius 1 is 0.690 bits per heavy atom. The molecule has 0 saturated carbocycles. The van der Waals surface area contributed by atoms with Crippen LogP contribution in [0.5, 0.6) is 0 Å². The van der Waals surface area contributed by atoms with Crippen LogP contribution in [0.1, 0.15) is 35.3 Å². The van der Waals surface area contributed by atoms with Gasteiger partial charge in [0.2, 0.25) is 5.78 Å². The van der Waals surface area contributed by atoms with Gasteiger partial charge >= 0.3 is 0 Å². The molecule has 8 rings (SSSR count). The number of carbonyl (C=O) groups excluding carboxylic acids is 1. The normalized spacial score (nSPS) is 14.3. The van der Waals surface area contributed by atoms with E-state index in [1.165, 1.54) is 55.2 Å². The summed E-state index contributed by atoms with van der Waals surface area (Å²) in [5.74, 6) is -0.0241. The van der Waals surface area contributed by atoms with Gasteiger partial charge in [0, 0.05) is 27.4 Å². The summed E-state index contributed by atoms with van der Waals surface area (Å²) in [5.41, 5.74) is 17.6. The van der Waals surface area contributed by atoms with Crippen LogP contribution in [0.3, 0.4) is 0 Å². The maximum absolute atomic E-state index is 13.2. The molecule has 0 unspecified atom stereocenters. The quantitative estimate of drug-likeness (QED) is 0.162. The van der Waals surface area contributed by atoms with Gasteiger partial charge in [-0.2, -0.15) is 0 Å². The van der Waals surface area contributed by atoms with E-state index >= 15 is 0 Å². The third-order valence-corrected chi connectivity index (χ3v) is 8.85. The first-order valence-corrected chi connectivity index (χ1v) is 14.3. The number of ketones is 1. The molecule has 0 radical (unpaired) electrons. The van der Waals surface area contributed by atoms with Gasteiger partial charge in [0.25, 0.3) is 0 Å². The van der Waals surface area contributed by atoms with Crippen LogP contribution in [0.2, 0.25) is 0 Å². The van der Waals surface area contributed by atoms with Gasteiger partial charge in [-0.15, -0.1) is 0 Å². The molecule has 1 heterocycles. The van der Waals surface area contributed by atoms with Crippen molar-refractivity contribution in [2.45, 2.75) is 19.3 Å². The van der Waals surface area contributed by atoms with E-state index in [1.54, 1.807) is 12.2 Å². The minimum Gasteiger partial charge on any atom is -0.309 e. The fraction of sp³-hybridized carbons (Fsp3) is 0.0750. The maximum atomic E-state index is 13.2. The summed E-state index contributed by atoms with van der Waals surface area (Å²) < 4.78 is 2.36. The molecule has 0 saturated heterocycles. The lowest BCUT2D eigenvalue weighted by atomic mass is 9.81. The maximum Gasteiger partial charge on any atom is 0.201 e. The van der Waals surface area contributed by atoms with E-state index in [2.05, 4.69) is 133 Å². The average molecular weight is 538 g/mol. The molecule has 42 heavy (non-hydrogen) atoms. The fourth-order valence-electron chi connectivity index (χ4n) is 6.73. The number of para-hydroxylation sites is 2. The molecule has 0 bridgehead atoms. The molecule has 0 atom stereocenters. The van der Waals surface area contributed by atoms with Crippen LogP contribution in [0, 0.1) is 0 Å². The Kier molecular flexibility index (Phi) is 5.27. The molecule has 0 aliphatic heterocycles. The second-order valence-electron chi connectivity index (χ2n) is 11.6. The highest BCUT2D eigenvalue weighted by molar-refractivity contribution is 6.11. The van der Waals surface area contributed by atoms with Gasteiger partial charge in [0.1, 0.15) is 0 Å². The van der Waals surface area contributed by atoms with Crippen molar-refractivity contribution in [1.29, 1.82) is 0 Å². The number of Topliss-reactive ketones (excluding diaryl/α,β-unsaturated/α-hetero) is 1. The topological polar surface area (TPSA) is 22.0 Å². The van der Waals surface area contributed by atoms with Crippen molar-refractivity contribution in [3.63, 3.8) is 0 Å². The van der Waals surface area contributed by atoms with Gasteiger partial charge in [-0.1, -0.05) is 104 Å². The number of carbonyl (C=O) groups is 1. The summed E-state index contributed by atoms with van der Waals surface area (Å²) in [6, 6.07) is 39.0. The number of rotatable bonds is 4.